The van der Waals surface area contributed by atoms with Crippen molar-refractivity contribution in [2.75, 3.05) is 52.5 Å². The van der Waals surface area contributed by atoms with Crippen LogP contribution in [0.4, 0.5) is 0 Å². The molecule has 0 aromatic heterocycles. The minimum atomic E-state index is -0.434. The second kappa shape index (κ2) is 11.6. The van der Waals surface area contributed by atoms with Gasteiger partial charge in [-0.25, -0.2) is 0 Å². The first kappa shape index (κ1) is 21.4. The van der Waals surface area contributed by atoms with Gasteiger partial charge in [-0.2, -0.15) is 0 Å². The molecule has 2 heterocycles. The van der Waals surface area contributed by atoms with Gasteiger partial charge in [-0.3, -0.25) is 0 Å². The third-order valence-corrected chi connectivity index (χ3v) is 5.88. The number of hydrogen-bond acceptors (Lipinski definition) is 4. The fraction of sp³-hybridized carbons (Fsp3) is 0.727. The lowest BCUT2D eigenvalue weighted by atomic mass is 10.1. The molecule has 4 N–H and O–H groups in total. The van der Waals surface area contributed by atoms with Gasteiger partial charge in [-0.1, -0.05) is 0 Å². The second-order valence-electron chi connectivity index (χ2n) is 8.43. The molecule has 6 nitrogen and oxygen atoms in total. The molecule has 0 saturated carbocycles. The maximum Gasteiger partial charge on any atom is 0.137 e. The summed E-state index contributed by atoms with van der Waals surface area (Å²) in [7, 11) is 0. The summed E-state index contributed by atoms with van der Waals surface area (Å²) in [6.07, 6.45) is 6.82. The maximum atomic E-state index is 10.2. The molecule has 0 spiro atoms. The van der Waals surface area contributed by atoms with E-state index in [-0.39, 0.29) is 0 Å². The summed E-state index contributed by atoms with van der Waals surface area (Å²) in [6.45, 7) is 6.81. The van der Waals surface area contributed by atoms with Crippen LogP contribution >= 0.6 is 0 Å². The van der Waals surface area contributed by atoms with Crippen LogP contribution in [0.2, 0.25) is 0 Å². The number of nitrogens with one attached hydrogen (secondary N) is 2. The minimum Gasteiger partial charge on any atom is -0.491 e. The standard InChI is InChI=1S/C22H36N2O4/c25-19(15-23-11-3-1-4-12-23)17-27-21-7-9-22(10-8-21)28-18-20(26)16-24-13-5-2-6-14-24/h7-10,19-20,25-26H,1-6,11-18H2/p+2. The average Bonchev–Trinajstić information content (AvgIpc) is 2.73. The highest BCUT2D eigenvalue weighted by Crippen LogP contribution is 2.17. The zero-order valence-corrected chi connectivity index (χ0v) is 17.1. The van der Waals surface area contributed by atoms with Crippen molar-refractivity contribution in [2.24, 2.45) is 0 Å². The van der Waals surface area contributed by atoms with Crippen LogP contribution in [0.5, 0.6) is 11.5 Å². The van der Waals surface area contributed by atoms with Gasteiger partial charge in [-0.15, -0.1) is 0 Å². The van der Waals surface area contributed by atoms with Gasteiger partial charge in [0.1, 0.15) is 50.0 Å². The predicted octanol–water partition coefficient (Wildman–Crippen LogP) is -0.696. The zero-order valence-electron chi connectivity index (χ0n) is 17.1. The van der Waals surface area contributed by atoms with Crippen LogP contribution in [0.15, 0.2) is 24.3 Å². The van der Waals surface area contributed by atoms with Gasteiger partial charge in [-0.05, 0) is 62.8 Å². The molecule has 2 fully saturated rings. The molecule has 2 aliphatic rings. The van der Waals surface area contributed by atoms with Crippen molar-refractivity contribution in [1.82, 2.24) is 0 Å². The molecule has 2 atom stereocenters. The third kappa shape index (κ3) is 7.59. The molecule has 6 heteroatoms. The number of aliphatic hydroxyl groups excluding tert-OH is 2. The molecule has 3 rings (SSSR count). The van der Waals surface area contributed by atoms with Gasteiger partial charge in [0, 0.05) is 0 Å². The van der Waals surface area contributed by atoms with Crippen molar-refractivity contribution < 1.29 is 29.5 Å². The summed E-state index contributed by atoms with van der Waals surface area (Å²) in [5.74, 6) is 1.47. The Bertz CT molecular complexity index is 493. The van der Waals surface area contributed by atoms with Gasteiger partial charge in [0.25, 0.3) is 0 Å². The van der Waals surface area contributed by atoms with Crippen molar-refractivity contribution in [3.05, 3.63) is 24.3 Å². The molecule has 2 saturated heterocycles. The van der Waals surface area contributed by atoms with Crippen molar-refractivity contribution in [3.63, 3.8) is 0 Å². The Morgan fingerprint density at radius 1 is 0.643 bits per heavy atom. The summed E-state index contributed by atoms with van der Waals surface area (Å²) in [5, 5.41) is 20.4. The molecule has 1 aromatic rings. The van der Waals surface area contributed by atoms with Gasteiger partial charge in [0.15, 0.2) is 0 Å². The Labute approximate surface area is 169 Å². The number of ether oxygens (including phenoxy) is 2. The van der Waals surface area contributed by atoms with Crippen molar-refractivity contribution in [1.29, 1.82) is 0 Å². The van der Waals surface area contributed by atoms with Crippen LogP contribution in [0.3, 0.4) is 0 Å². The first-order chi connectivity index (χ1) is 13.7. The number of aliphatic hydroxyl groups is 2. The van der Waals surface area contributed by atoms with Crippen LogP contribution < -0.4 is 19.3 Å². The Morgan fingerprint density at radius 2 is 1.00 bits per heavy atom. The first-order valence-electron chi connectivity index (χ1n) is 11.1. The van der Waals surface area contributed by atoms with Crippen LogP contribution in [-0.4, -0.2) is 74.9 Å². The highest BCUT2D eigenvalue weighted by atomic mass is 16.5. The molecule has 2 aliphatic heterocycles. The Kier molecular flexibility index (Phi) is 8.86. The third-order valence-electron chi connectivity index (χ3n) is 5.88. The minimum absolute atomic E-state index is 0.320. The zero-order chi connectivity index (χ0) is 19.6. The Morgan fingerprint density at radius 3 is 1.36 bits per heavy atom. The molecule has 28 heavy (non-hydrogen) atoms. The smallest absolute Gasteiger partial charge is 0.137 e. The number of hydrogen-bond donors (Lipinski definition) is 4. The van der Waals surface area contributed by atoms with Gasteiger partial charge in [0.2, 0.25) is 0 Å². The fourth-order valence-electron chi connectivity index (χ4n) is 4.31. The average molecular weight is 395 g/mol. The molecular formula is C22H38N2O4+2. The highest BCUT2D eigenvalue weighted by Gasteiger charge is 2.19. The lowest BCUT2D eigenvalue weighted by Crippen LogP contribution is -3.14. The van der Waals surface area contributed by atoms with E-state index in [1.807, 2.05) is 24.3 Å². The fourth-order valence-corrected chi connectivity index (χ4v) is 4.31. The van der Waals surface area contributed by atoms with E-state index >= 15 is 0 Å². The normalized spacial score (nSPS) is 21.2. The summed E-state index contributed by atoms with van der Waals surface area (Å²) >= 11 is 0. The highest BCUT2D eigenvalue weighted by molar-refractivity contribution is 5.31. The summed E-state index contributed by atoms with van der Waals surface area (Å²) in [4.78, 5) is 2.96. The van der Waals surface area contributed by atoms with Gasteiger partial charge >= 0.3 is 0 Å². The topological polar surface area (TPSA) is 67.8 Å². The molecule has 0 amide bonds. The van der Waals surface area contributed by atoms with E-state index in [1.165, 1.54) is 48.3 Å². The molecule has 0 radical (unpaired) electrons. The predicted molar refractivity (Wildman–Crippen MR) is 108 cm³/mol. The monoisotopic (exact) mass is 394 g/mol. The van der Waals surface area contributed by atoms with Crippen molar-refractivity contribution in [2.45, 2.75) is 50.7 Å². The Balaban J connectivity index is 1.32. The molecule has 1 aromatic carbocycles. The summed E-state index contributed by atoms with van der Waals surface area (Å²) in [6, 6.07) is 7.44. The molecule has 2 unspecified atom stereocenters. The van der Waals surface area contributed by atoms with Crippen LogP contribution in [0, 0.1) is 0 Å². The molecule has 0 aliphatic carbocycles. The van der Waals surface area contributed by atoms with E-state index < -0.39 is 12.2 Å². The maximum absolute atomic E-state index is 10.2. The quantitative estimate of drug-likeness (QED) is 0.424. The van der Waals surface area contributed by atoms with Crippen molar-refractivity contribution >= 4 is 0 Å². The summed E-state index contributed by atoms with van der Waals surface area (Å²) in [5.41, 5.74) is 0. The van der Waals surface area contributed by atoms with E-state index in [1.54, 1.807) is 0 Å². The van der Waals surface area contributed by atoms with E-state index in [4.69, 9.17) is 9.47 Å². The largest absolute Gasteiger partial charge is 0.491 e. The number of benzene rings is 1. The van der Waals surface area contributed by atoms with E-state index in [0.29, 0.717) is 13.2 Å². The second-order valence-corrected chi connectivity index (χ2v) is 8.43. The Hall–Kier alpha value is -1.34. The van der Waals surface area contributed by atoms with Gasteiger partial charge in [0.05, 0.1) is 26.2 Å². The van der Waals surface area contributed by atoms with Crippen LogP contribution in [-0.2, 0) is 0 Å². The lowest BCUT2D eigenvalue weighted by Gasteiger charge is -2.25. The molecule has 158 valence electrons. The first-order valence-corrected chi connectivity index (χ1v) is 11.1. The van der Waals surface area contributed by atoms with Crippen molar-refractivity contribution in [3.8, 4) is 11.5 Å². The van der Waals surface area contributed by atoms with Crippen LogP contribution in [0.25, 0.3) is 0 Å². The SMILES string of the molecule is OC(COc1ccc(OCC(O)C[NH+]2CCCCC2)cc1)C[NH+]1CCCCC1. The number of quaternary nitrogens is 2. The number of likely N-dealkylation sites (tertiary alicyclic amines) is 2. The van der Waals surface area contributed by atoms with E-state index in [0.717, 1.165) is 50.8 Å². The number of rotatable bonds is 10. The van der Waals surface area contributed by atoms with E-state index in [2.05, 4.69) is 0 Å². The molecular weight excluding hydrogens is 356 g/mol. The van der Waals surface area contributed by atoms with Gasteiger partial charge < -0.3 is 29.5 Å². The van der Waals surface area contributed by atoms with Crippen LogP contribution in [0.1, 0.15) is 38.5 Å². The lowest BCUT2D eigenvalue weighted by molar-refractivity contribution is -0.908. The van der Waals surface area contributed by atoms with E-state index in [9.17, 15) is 10.2 Å². The number of piperidine rings is 2. The summed E-state index contributed by atoms with van der Waals surface area (Å²) < 4.78 is 11.4. The molecule has 0 bridgehead atoms.